The zero-order valence-electron chi connectivity index (χ0n) is 11.4. The van der Waals surface area contributed by atoms with E-state index in [1.54, 1.807) is 13.0 Å². The molecule has 0 spiro atoms. The van der Waals surface area contributed by atoms with Crippen molar-refractivity contribution >= 4 is 10.0 Å². The van der Waals surface area contributed by atoms with E-state index in [1.165, 1.54) is 16.4 Å². The molecule has 0 saturated heterocycles. The van der Waals surface area contributed by atoms with Gasteiger partial charge in [0.15, 0.2) is 0 Å². The van der Waals surface area contributed by atoms with Gasteiger partial charge in [0, 0.05) is 12.6 Å². The third-order valence-corrected chi connectivity index (χ3v) is 5.81. The second kappa shape index (κ2) is 5.92. The van der Waals surface area contributed by atoms with Gasteiger partial charge in [0.1, 0.15) is 0 Å². The molecule has 0 atom stereocenters. The Morgan fingerprint density at radius 2 is 2.15 bits per heavy atom. The van der Waals surface area contributed by atoms with Crippen LogP contribution in [0.1, 0.15) is 30.4 Å². The molecule has 1 N–H and O–H groups in total. The molecule has 0 aromatic heterocycles. The van der Waals surface area contributed by atoms with Crippen LogP contribution < -0.4 is 0 Å². The summed E-state index contributed by atoms with van der Waals surface area (Å²) in [4.78, 5) is 0.219. The Kier molecular flexibility index (Phi) is 4.43. The SMILES string of the molecule is Cc1cc(C#N)ccc1S(=O)(=O)N(CCO)C1CCC1. The van der Waals surface area contributed by atoms with Crippen LogP contribution in [0.15, 0.2) is 23.1 Å². The average molecular weight is 294 g/mol. The third kappa shape index (κ3) is 2.70. The molecule has 1 aliphatic carbocycles. The Balaban J connectivity index is 2.39. The van der Waals surface area contributed by atoms with Gasteiger partial charge in [-0.15, -0.1) is 0 Å². The molecular formula is C14H18N2O3S. The first-order valence-electron chi connectivity index (χ1n) is 6.64. The molecular weight excluding hydrogens is 276 g/mol. The van der Waals surface area contributed by atoms with Crippen molar-refractivity contribution in [3.8, 4) is 6.07 Å². The van der Waals surface area contributed by atoms with Gasteiger partial charge in [-0.2, -0.15) is 9.57 Å². The quantitative estimate of drug-likeness (QED) is 0.890. The summed E-state index contributed by atoms with van der Waals surface area (Å²) in [5.41, 5.74) is 1.00. The van der Waals surface area contributed by atoms with Crippen molar-refractivity contribution in [1.82, 2.24) is 4.31 Å². The van der Waals surface area contributed by atoms with Gasteiger partial charge in [0.05, 0.1) is 23.1 Å². The van der Waals surface area contributed by atoms with Gasteiger partial charge in [-0.1, -0.05) is 6.42 Å². The van der Waals surface area contributed by atoms with E-state index in [0.29, 0.717) is 11.1 Å². The van der Waals surface area contributed by atoms with Crippen LogP contribution in [0.3, 0.4) is 0 Å². The molecule has 0 bridgehead atoms. The lowest BCUT2D eigenvalue weighted by Crippen LogP contribution is -2.45. The molecule has 0 aliphatic heterocycles. The van der Waals surface area contributed by atoms with E-state index >= 15 is 0 Å². The first kappa shape index (κ1) is 15.0. The van der Waals surface area contributed by atoms with Crippen LogP contribution in [0.25, 0.3) is 0 Å². The van der Waals surface area contributed by atoms with Crippen LogP contribution in [0, 0.1) is 18.3 Å². The molecule has 1 saturated carbocycles. The number of sulfonamides is 1. The molecule has 0 unspecified atom stereocenters. The largest absolute Gasteiger partial charge is 0.395 e. The van der Waals surface area contributed by atoms with E-state index in [2.05, 4.69) is 0 Å². The maximum atomic E-state index is 12.7. The minimum atomic E-state index is -3.62. The van der Waals surface area contributed by atoms with Crippen LogP contribution in [-0.4, -0.2) is 37.0 Å². The van der Waals surface area contributed by atoms with E-state index in [1.807, 2.05) is 6.07 Å². The van der Waals surface area contributed by atoms with Crippen LogP contribution in [0.5, 0.6) is 0 Å². The van der Waals surface area contributed by atoms with Gasteiger partial charge in [-0.25, -0.2) is 8.42 Å². The molecule has 0 radical (unpaired) electrons. The Hall–Kier alpha value is -1.42. The van der Waals surface area contributed by atoms with E-state index in [9.17, 15) is 8.42 Å². The Morgan fingerprint density at radius 3 is 2.60 bits per heavy atom. The smallest absolute Gasteiger partial charge is 0.243 e. The normalized spacial score (nSPS) is 15.9. The second-order valence-corrected chi connectivity index (χ2v) is 6.88. The summed E-state index contributed by atoms with van der Waals surface area (Å²) in [5.74, 6) is 0. The van der Waals surface area contributed by atoms with E-state index in [0.717, 1.165) is 19.3 Å². The number of aliphatic hydroxyl groups excluding tert-OH is 1. The molecule has 5 nitrogen and oxygen atoms in total. The number of benzene rings is 1. The summed E-state index contributed by atoms with van der Waals surface area (Å²) in [6, 6.07) is 6.55. The number of aliphatic hydroxyl groups is 1. The molecule has 0 heterocycles. The second-order valence-electron chi connectivity index (χ2n) is 5.02. The molecule has 0 amide bonds. The number of rotatable bonds is 5. The average Bonchev–Trinajstić information content (AvgIpc) is 2.35. The lowest BCUT2D eigenvalue weighted by atomic mass is 9.93. The fourth-order valence-corrected chi connectivity index (χ4v) is 4.29. The molecule has 20 heavy (non-hydrogen) atoms. The van der Waals surface area contributed by atoms with Crippen molar-refractivity contribution in [2.45, 2.75) is 37.1 Å². The zero-order valence-corrected chi connectivity index (χ0v) is 12.2. The topological polar surface area (TPSA) is 81.4 Å². The van der Waals surface area contributed by atoms with Crippen LogP contribution in [0.4, 0.5) is 0 Å². The van der Waals surface area contributed by atoms with Crippen molar-refractivity contribution in [2.24, 2.45) is 0 Å². The Bertz CT molecular complexity index is 630. The first-order valence-corrected chi connectivity index (χ1v) is 8.08. The Labute approximate surface area is 119 Å². The highest BCUT2D eigenvalue weighted by molar-refractivity contribution is 7.89. The lowest BCUT2D eigenvalue weighted by Gasteiger charge is -2.36. The molecule has 1 fully saturated rings. The molecule has 108 valence electrons. The van der Waals surface area contributed by atoms with E-state index < -0.39 is 10.0 Å². The van der Waals surface area contributed by atoms with Crippen molar-refractivity contribution in [3.05, 3.63) is 29.3 Å². The predicted molar refractivity (Wildman–Crippen MR) is 74.5 cm³/mol. The van der Waals surface area contributed by atoms with Crippen molar-refractivity contribution < 1.29 is 13.5 Å². The van der Waals surface area contributed by atoms with Crippen molar-refractivity contribution in [3.63, 3.8) is 0 Å². The van der Waals surface area contributed by atoms with Crippen molar-refractivity contribution in [1.29, 1.82) is 5.26 Å². The van der Waals surface area contributed by atoms with Gasteiger partial charge in [0.25, 0.3) is 0 Å². The number of nitriles is 1. The van der Waals surface area contributed by atoms with Gasteiger partial charge in [-0.3, -0.25) is 0 Å². The highest BCUT2D eigenvalue weighted by Gasteiger charge is 2.35. The molecule has 6 heteroatoms. The van der Waals surface area contributed by atoms with Crippen LogP contribution in [0.2, 0.25) is 0 Å². The molecule has 1 aromatic carbocycles. The minimum absolute atomic E-state index is 0.0119. The summed E-state index contributed by atoms with van der Waals surface area (Å²) in [6.07, 6.45) is 2.71. The molecule has 1 aliphatic rings. The summed E-state index contributed by atoms with van der Waals surface area (Å²) >= 11 is 0. The summed E-state index contributed by atoms with van der Waals surface area (Å²) in [6.45, 7) is 1.61. The third-order valence-electron chi connectivity index (χ3n) is 3.69. The predicted octanol–water partition coefficient (Wildman–Crippen LogP) is 1.40. The summed E-state index contributed by atoms with van der Waals surface area (Å²) in [5, 5.41) is 18.0. The number of hydrogen-bond donors (Lipinski definition) is 1. The zero-order chi connectivity index (χ0) is 14.8. The Morgan fingerprint density at radius 1 is 1.45 bits per heavy atom. The van der Waals surface area contributed by atoms with Crippen LogP contribution in [-0.2, 0) is 10.0 Å². The fourth-order valence-electron chi connectivity index (χ4n) is 2.41. The highest BCUT2D eigenvalue weighted by atomic mass is 32.2. The highest BCUT2D eigenvalue weighted by Crippen LogP contribution is 2.30. The number of hydrogen-bond acceptors (Lipinski definition) is 4. The summed E-state index contributed by atoms with van der Waals surface area (Å²) in [7, 11) is -3.62. The van der Waals surface area contributed by atoms with Gasteiger partial charge in [0.2, 0.25) is 10.0 Å². The summed E-state index contributed by atoms with van der Waals surface area (Å²) < 4.78 is 26.8. The lowest BCUT2D eigenvalue weighted by molar-refractivity contribution is 0.178. The van der Waals surface area contributed by atoms with Gasteiger partial charge in [-0.05, 0) is 43.5 Å². The fraction of sp³-hybridized carbons (Fsp3) is 0.500. The maximum Gasteiger partial charge on any atom is 0.243 e. The van der Waals surface area contributed by atoms with E-state index in [4.69, 9.17) is 10.4 Å². The molecule has 2 rings (SSSR count). The molecule has 1 aromatic rings. The monoisotopic (exact) mass is 294 g/mol. The van der Waals surface area contributed by atoms with E-state index in [-0.39, 0.29) is 24.1 Å². The minimum Gasteiger partial charge on any atom is -0.395 e. The maximum absolute atomic E-state index is 12.7. The number of aryl methyl sites for hydroxylation is 1. The van der Waals surface area contributed by atoms with Crippen molar-refractivity contribution in [2.75, 3.05) is 13.2 Å². The van der Waals surface area contributed by atoms with Gasteiger partial charge >= 0.3 is 0 Å². The first-order chi connectivity index (χ1) is 9.50. The standard InChI is InChI=1S/C14H18N2O3S/c1-11-9-12(10-15)5-6-14(11)20(18,19)16(7-8-17)13-3-2-4-13/h5-6,9,13,17H,2-4,7-8H2,1H3. The number of nitrogens with zero attached hydrogens (tertiary/aromatic N) is 2. The van der Waals surface area contributed by atoms with Gasteiger partial charge < -0.3 is 5.11 Å². The van der Waals surface area contributed by atoms with Crippen LogP contribution >= 0.6 is 0 Å².